The summed E-state index contributed by atoms with van der Waals surface area (Å²) >= 11 is 1.41. The standard InChI is InChI=1S/C14H20N4O3S2/c1-10-4-5-12-11(8-10)9-13(22-12)14(19)16-17-23(20,21)18(2)7-3-6-15/h9-10,17H,3-5,7-8H2,1-2H3,(H,16,19)/t10-/m1/s1. The minimum atomic E-state index is -3.84. The van der Waals surface area contributed by atoms with E-state index < -0.39 is 16.1 Å². The van der Waals surface area contributed by atoms with Crippen molar-refractivity contribution in [3.63, 3.8) is 0 Å². The van der Waals surface area contributed by atoms with E-state index in [1.165, 1.54) is 28.8 Å². The second kappa shape index (κ2) is 7.40. The van der Waals surface area contributed by atoms with Crippen LogP contribution in [-0.2, 0) is 23.1 Å². The molecule has 1 atom stereocenters. The van der Waals surface area contributed by atoms with Crippen molar-refractivity contribution in [2.24, 2.45) is 5.92 Å². The molecule has 0 spiro atoms. The summed E-state index contributed by atoms with van der Waals surface area (Å²) in [7, 11) is -2.50. The van der Waals surface area contributed by atoms with Gasteiger partial charge in [0.1, 0.15) is 0 Å². The first-order chi connectivity index (χ1) is 10.8. The Labute approximate surface area is 140 Å². The van der Waals surface area contributed by atoms with Gasteiger partial charge >= 0.3 is 0 Å². The maximum absolute atomic E-state index is 12.1. The third-order valence-electron chi connectivity index (χ3n) is 3.80. The molecule has 1 aliphatic carbocycles. The number of nitriles is 1. The van der Waals surface area contributed by atoms with Crippen molar-refractivity contribution < 1.29 is 13.2 Å². The topological polar surface area (TPSA) is 102 Å². The summed E-state index contributed by atoms with van der Waals surface area (Å²) in [6, 6.07) is 3.72. The number of aryl methyl sites for hydroxylation is 1. The van der Waals surface area contributed by atoms with Crippen molar-refractivity contribution in [2.75, 3.05) is 13.6 Å². The summed E-state index contributed by atoms with van der Waals surface area (Å²) in [5.74, 6) is 0.148. The van der Waals surface area contributed by atoms with E-state index in [9.17, 15) is 13.2 Å². The highest BCUT2D eigenvalue weighted by molar-refractivity contribution is 7.87. The van der Waals surface area contributed by atoms with Crippen LogP contribution in [0.4, 0.5) is 0 Å². The van der Waals surface area contributed by atoms with Crippen molar-refractivity contribution in [1.82, 2.24) is 14.6 Å². The molecule has 1 amide bonds. The minimum Gasteiger partial charge on any atom is -0.272 e. The molecule has 0 fully saturated rings. The minimum absolute atomic E-state index is 0.0624. The molecule has 9 heteroatoms. The fourth-order valence-electron chi connectivity index (χ4n) is 2.40. The van der Waals surface area contributed by atoms with Crippen molar-refractivity contribution >= 4 is 27.5 Å². The molecule has 1 aromatic heterocycles. The van der Waals surface area contributed by atoms with Gasteiger partial charge in [0.05, 0.1) is 10.9 Å². The van der Waals surface area contributed by atoms with Crippen molar-refractivity contribution in [3.8, 4) is 6.07 Å². The number of nitrogens with one attached hydrogen (secondary N) is 2. The Morgan fingerprint density at radius 2 is 2.30 bits per heavy atom. The van der Waals surface area contributed by atoms with E-state index >= 15 is 0 Å². The molecule has 23 heavy (non-hydrogen) atoms. The van der Waals surface area contributed by atoms with Crippen LogP contribution in [0.1, 0.15) is 39.9 Å². The van der Waals surface area contributed by atoms with Crippen LogP contribution < -0.4 is 10.3 Å². The van der Waals surface area contributed by atoms with Crippen molar-refractivity contribution in [3.05, 3.63) is 21.4 Å². The second-order valence-corrected chi connectivity index (χ2v) is 8.61. The number of nitrogens with zero attached hydrogens (tertiary/aromatic N) is 2. The summed E-state index contributed by atoms with van der Waals surface area (Å²) < 4.78 is 24.8. The molecule has 1 aliphatic rings. The maximum Gasteiger partial charge on any atom is 0.296 e. The summed E-state index contributed by atoms with van der Waals surface area (Å²) in [5, 5.41) is 8.49. The molecule has 0 radical (unpaired) electrons. The van der Waals surface area contributed by atoms with Gasteiger partial charge in [0.15, 0.2) is 0 Å². The monoisotopic (exact) mass is 356 g/mol. The highest BCUT2D eigenvalue weighted by atomic mass is 32.2. The van der Waals surface area contributed by atoms with Crippen molar-refractivity contribution in [1.29, 1.82) is 5.26 Å². The normalized spacial score (nSPS) is 17.6. The van der Waals surface area contributed by atoms with E-state index in [-0.39, 0.29) is 13.0 Å². The number of fused-ring (bicyclic) bond motifs is 1. The molecule has 1 heterocycles. The quantitative estimate of drug-likeness (QED) is 0.748. The fraction of sp³-hybridized carbons (Fsp3) is 0.571. The average Bonchev–Trinajstić information content (AvgIpc) is 2.93. The molecule has 2 rings (SSSR count). The van der Waals surface area contributed by atoms with Gasteiger partial charge in [-0.05, 0) is 36.8 Å². The van der Waals surface area contributed by atoms with Gasteiger partial charge in [-0.1, -0.05) is 6.92 Å². The van der Waals surface area contributed by atoms with Crippen LogP contribution in [0.5, 0.6) is 0 Å². The Balaban J connectivity index is 1.96. The van der Waals surface area contributed by atoms with Gasteiger partial charge in [-0.25, -0.2) is 0 Å². The summed E-state index contributed by atoms with van der Waals surface area (Å²) in [5.41, 5.74) is 3.41. The van der Waals surface area contributed by atoms with E-state index in [0.29, 0.717) is 10.8 Å². The van der Waals surface area contributed by atoms with E-state index in [1.54, 1.807) is 0 Å². The number of carbonyl (C=O) groups excluding carboxylic acids is 1. The van der Waals surface area contributed by atoms with Crippen LogP contribution in [0.25, 0.3) is 0 Å². The molecule has 0 bridgehead atoms. The third kappa shape index (κ3) is 4.51. The number of thiophene rings is 1. The molecule has 1 aromatic rings. The average molecular weight is 356 g/mol. The van der Waals surface area contributed by atoms with Crippen LogP contribution in [0, 0.1) is 17.2 Å². The smallest absolute Gasteiger partial charge is 0.272 e. The zero-order valence-corrected chi connectivity index (χ0v) is 14.8. The molecule has 0 saturated heterocycles. The Bertz CT molecular complexity index is 721. The Morgan fingerprint density at radius 1 is 1.57 bits per heavy atom. The van der Waals surface area contributed by atoms with Crippen LogP contribution in [-0.4, -0.2) is 32.2 Å². The lowest BCUT2D eigenvalue weighted by Gasteiger charge is -2.16. The van der Waals surface area contributed by atoms with E-state index in [1.807, 2.05) is 12.1 Å². The van der Waals surface area contributed by atoms with E-state index in [2.05, 4.69) is 17.2 Å². The number of amides is 1. The van der Waals surface area contributed by atoms with Gasteiger partial charge in [0.25, 0.3) is 16.1 Å². The number of carbonyl (C=O) groups is 1. The Morgan fingerprint density at radius 3 is 3.00 bits per heavy atom. The van der Waals surface area contributed by atoms with Gasteiger partial charge in [-0.3, -0.25) is 10.2 Å². The van der Waals surface area contributed by atoms with Crippen LogP contribution in [0.2, 0.25) is 0 Å². The number of rotatable bonds is 6. The van der Waals surface area contributed by atoms with Gasteiger partial charge in [-0.15, -0.1) is 16.2 Å². The van der Waals surface area contributed by atoms with Crippen LogP contribution in [0.15, 0.2) is 6.07 Å². The zero-order chi connectivity index (χ0) is 17.0. The largest absolute Gasteiger partial charge is 0.296 e. The molecular weight excluding hydrogens is 336 g/mol. The summed E-state index contributed by atoms with van der Waals surface area (Å²) in [6.07, 6.45) is 3.13. The number of hydrazine groups is 1. The summed E-state index contributed by atoms with van der Waals surface area (Å²) in [4.78, 5) is 15.9. The van der Waals surface area contributed by atoms with Crippen molar-refractivity contribution in [2.45, 2.75) is 32.6 Å². The predicted molar refractivity (Wildman–Crippen MR) is 87.9 cm³/mol. The molecule has 126 valence electrons. The van der Waals surface area contributed by atoms with Crippen LogP contribution >= 0.6 is 11.3 Å². The molecular formula is C14H20N4O3S2. The lowest BCUT2D eigenvalue weighted by Crippen LogP contribution is -2.48. The lowest BCUT2D eigenvalue weighted by molar-refractivity contribution is 0.0948. The van der Waals surface area contributed by atoms with E-state index in [0.717, 1.165) is 23.6 Å². The Hall–Kier alpha value is -1.47. The third-order valence-corrected chi connectivity index (χ3v) is 6.39. The highest BCUT2D eigenvalue weighted by Gasteiger charge is 2.22. The van der Waals surface area contributed by atoms with Gasteiger partial charge < -0.3 is 0 Å². The van der Waals surface area contributed by atoms with Gasteiger partial charge in [0.2, 0.25) is 0 Å². The fourth-order valence-corrected chi connectivity index (χ4v) is 4.21. The number of hydrogen-bond donors (Lipinski definition) is 2. The molecule has 0 unspecified atom stereocenters. The summed E-state index contributed by atoms with van der Waals surface area (Å²) in [6.45, 7) is 2.25. The molecule has 0 saturated carbocycles. The first-order valence-electron chi connectivity index (χ1n) is 7.35. The first kappa shape index (κ1) is 17.9. The van der Waals surface area contributed by atoms with Gasteiger partial charge in [0, 0.05) is 24.9 Å². The maximum atomic E-state index is 12.1. The zero-order valence-electron chi connectivity index (χ0n) is 13.1. The molecule has 7 nitrogen and oxygen atoms in total. The lowest BCUT2D eigenvalue weighted by atomic mass is 9.90. The molecule has 2 N–H and O–H groups in total. The predicted octanol–water partition coefficient (Wildman–Crippen LogP) is 1.20. The van der Waals surface area contributed by atoms with Crippen LogP contribution in [0.3, 0.4) is 0 Å². The highest BCUT2D eigenvalue weighted by Crippen LogP contribution is 2.32. The number of hydrogen-bond acceptors (Lipinski definition) is 5. The Kier molecular flexibility index (Phi) is 5.75. The second-order valence-electron chi connectivity index (χ2n) is 5.70. The first-order valence-corrected chi connectivity index (χ1v) is 9.61. The molecule has 0 aromatic carbocycles. The van der Waals surface area contributed by atoms with E-state index in [4.69, 9.17) is 5.26 Å². The SMILES string of the molecule is C[C@@H]1CCc2sc(C(=O)NNS(=O)(=O)N(C)CCC#N)cc2C1. The molecule has 0 aliphatic heterocycles. The van der Waals surface area contributed by atoms with Gasteiger partial charge in [-0.2, -0.15) is 18.0 Å².